The summed E-state index contributed by atoms with van der Waals surface area (Å²) in [5, 5.41) is 14.2. The first-order valence-corrected chi connectivity index (χ1v) is 15.4. The van der Waals surface area contributed by atoms with Crippen LogP contribution in [0.1, 0.15) is 81.7 Å². The Morgan fingerprint density at radius 3 is 2.52 bits per heavy atom. The molecule has 5 rings (SSSR count). The summed E-state index contributed by atoms with van der Waals surface area (Å²) in [6.45, 7) is 8.16. The molecule has 0 N–H and O–H groups in total. The molecule has 1 aromatic carbocycles. The normalized spacial score (nSPS) is 23.7. The van der Waals surface area contributed by atoms with E-state index in [0.717, 1.165) is 61.4 Å². The number of halogens is 1. The van der Waals surface area contributed by atoms with Gasteiger partial charge >= 0.3 is 5.97 Å². The number of cyclic esters (lactones) is 1. The average Bonchev–Trinajstić information content (AvgIpc) is 3.63. The number of nitriles is 1. The number of rotatable bonds is 9. The predicted octanol–water partition coefficient (Wildman–Crippen LogP) is 5.00. The van der Waals surface area contributed by atoms with Crippen LogP contribution < -0.4 is 4.90 Å². The van der Waals surface area contributed by atoms with Crippen molar-refractivity contribution in [2.45, 2.75) is 89.6 Å². The molecule has 42 heavy (non-hydrogen) atoms. The monoisotopic (exact) mass is 578 g/mol. The molecule has 2 atom stereocenters. The number of carbonyl (C=O) groups excluding carboxylic acids is 2. The maximum absolute atomic E-state index is 15.0. The maximum Gasteiger partial charge on any atom is 0.317 e. The molecule has 0 spiro atoms. The fourth-order valence-corrected chi connectivity index (χ4v) is 7.20. The van der Waals surface area contributed by atoms with E-state index in [1.807, 2.05) is 24.7 Å². The molecule has 3 heterocycles. The number of morpholine rings is 1. The number of aryl methyl sites for hydroxylation is 3. The summed E-state index contributed by atoms with van der Waals surface area (Å²) >= 11 is 0. The summed E-state index contributed by atoms with van der Waals surface area (Å²) in [6.07, 6.45) is 6.05. The number of aromatic nitrogens is 2. The van der Waals surface area contributed by atoms with E-state index in [-0.39, 0.29) is 24.5 Å². The van der Waals surface area contributed by atoms with Crippen LogP contribution >= 0.6 is 0 Å². The smallest absolute Gasteiger partial charge is 0.317 e. The maximum atomic E-state index is 15.0. The Bertz CT molecular complexity index is 1350. The van der Waals surface area contributed by atoms with Gasteiger partial charge in [0.1, 0.15) is 23.2 Å². The van der Waals surface area contributed by atoms with Crippen LogP contribution in [0.25, 0.3) is 0 Å². The first-order valence-electron chi connectivity index (χ1n) is 15.4. The van der Waals surface area contributed by atoms with Crippen LogP contribution in [0.4, 0.5) is 10.2 Å². The Hall–Kier alpha value is -3.25. The van der Waals surface area contributed by atoms with Gasteiger partial charge in [0.2, 0.25) is 0 Å². The minimum absolute atomic E-state index is 0.0747. The third-order valence-corrected chi connectivity index (χ3v) is 9.62. The van der Waals surface area contributed by atoms with Crippen molar-refractivity contribution in [1.82, 2.24) is 9.78 Å². The van der Waals surface area contributed by atoms with Gasteiger partial charge in [-0.1, -0.05) is 31.9 Å². The van der Waals surface area contributed by atoms with E-state index in [4.69, 9.17) is 14.6 Å². The fourth-order valence-electron chi connectivity index (χ4n) is 7.20. The SMILES string of the molecule is CCc1nn(C)c(N2CCOCC2)c1CC1C(=O)CC(CCc2ccc(C(C)(C)C#N)c(F)c2)(C2CCCC2)OC1=O. The van der Waals surface area contributed by atoms with E-state index in [1.165, 1.54) is 6.07 Å². The van der Waals surface area contributed by atoms with Crippen LogP contribution in [-0.4, -0.2) is 53.4 Å². The third kappa shape index (κ3) is 5.83. The van der Waals surface area contributed by atoms with Crippen LogP contribution in [0, 0.1) is 29.0 Å². The third-order valence-electron chi connectivity index (χ3n) is 9.62. The number of hydrogen-bond donors (Lipinski definition) is 0. The molecule has 0 radical (unpaired) electrons. The van der Waals surface area contributed by atoms with Gasteiger partial charge in [0, 0.05) is 37.7 Å². The molecular weight excluding hydrogens is 535 g/mol. The number of hydrogen-bond acceptors (Lipinski definition) is 7. The number of nitrogens with zero attached hydrogens (tertiary/aromatic N) is 4. The lowest BCUT2D eigenvalue weighted by molar-refractivity contribution is -0.185. The highest BCUT2D eigenvalue weighted by Crippen LogP contribution is 2.45. The fraction of sp³-hybridized carbons (Fsp3) is 0.636. The average molecular weight is 579 g/mol. The van der Waals surface area contributed by atoms with E-state index < -0.39 is 28.7 Å². The lowest BCUT2D eigenvalue weighted by atomic mass is 9.73. The molecule has 1 aliphatic carbocycles. The summed E-state index contributed by atoms with van der Waals surface area (Å²) in [7, 11) is 1.91. The Labute approximate surface area is 248 Å². The predicted molar refractivity (Wildman–Crippen MR) is 157 cm³/mol. The molecule has 1 aromatic heterocycles. The highest BCUT2D eigenvalue weighted by molar-refractivity contribution is 6.02. The number of ketones is 1. The Morgan fingerprint density at radius 2 is 1.90 bits per heavy atom. The van der Waals surface area contributed by atoms with Crippen molar-refractivity contribution < 1.29 is 23.5 Å². The largest absolute Gasteiger partial charge is 0.458 e. The summed E-state index contributed by atoms with van der Waals surface area (Å²) in [4.78, 5) is 29.8. The van der Waals surface area contributed by atoms with Crippen molar-refractivity contribution in [3.05, 3.63) is 46.4 Å². The van der Waals surface area contributed by atoms with Gasteiger partial charge in [-0.3, -0.25) is 14.3 Å². The second-order valence-electron chi connectivity index (χ2n) is 12.7. The standard InChI is InChI=1S/C33H43FN4O4/c1-5-28-24(30(37(4)36-28)38-14-16-41-17-15-38)19-25-29(39)20-33(42-31(25)40,23-8-6-7-9-23)13-12-22-10-11-26(27(34)18-22)32(2,3)21-35/h10-11,18,23,25H,5-9,12-17,19-20H2,1-4H3. The number of Topliss-reactive ketones (excluding diaryl/α,β-unsaturated/α-hetero) is 1. The molecule has 2 aliphatic heterocycles. The van der Waals surface area contributed by atoms with Crippen LogP contribution in [0.5, 0.6) is 0 Å². The topological polar surface area (TPSA) is 97.5 Å². The van der Waals surface area contributed by atoms with Crippen LogP contribution in [0.2, 0.25) is 0 Å². The van der Waals surface area contributed by atoms with Gasteiger partial charge in [0.05, 0.1) is 30.4 Å². The van der Waals surface area contributed by atoms with Crippen molar-refractivity contribution in [2.24, 2.45) is 18.9 Å². The number of benzene rings is 1. The molecule has 3 fully saturated rings. The van der Waals surface area contributed by atoms with Gasteiger partial charge in [0.25, 0.3) is 0 Å². The molecule has 2 saturated heterocycles. The first kappa shape index (κ1) is 30.2. The molecule has 0 amide bonds. The zero-order valence-electron chi connectivity index (χ0n) is 25.4. The molecule has 2 unspecified atom stereocenters. The minimum atomic E-state index is -0.929. The summed E-state index contributed by atoms with van der Waals surface area (Å²) in [6, 6.07) is 7.16. The van der Waals surface area contributed by atoms with E-state index in [1.54, 1.807) is 19.9 Å². The van der Waals surface area contributed by atoms with E-state index in [2.05, 4.69) is 11.0 Å². The summed E-state index contributed by atoms with van der Waals surface area (Å²) in [5.41, 5.74) is 1.17. The van der Waals surface area contributed by atoms with E-state index in [9.17, 15) is 19.2 Å². The van der Waals surface area contributed by atoms with Crippen molar-refractivity contribution in [3.8, 4) is 6.07 Å². The van der Waals surface area contributed by atoms with Crippen molar-refractivity contribution in [2.75, 3.05) is 31.2 Å². The second-order valence-corrected chi connectivity index (χ2v) is 12.7. The molecule has 226 valence electrons. The van der Waals surface area contributed by atoms with Crippen LogP contribution in [-0.2, 0) is 50.8 Å². The molecule has 3 aliphatic rings. The van der Waals surface area contributed by atoms with Gasteiger partial charge in [-0.25, -0.2) is 4.39 Å². The molecular formula is C33H43FN4O4. The van der Waals surface area contributed by atoms with Gasteiger partial charge in [0.15, 0.2) is 5.78 Å². The molecule has 8 nitrogen and oxygen atoms in total. The highest BCUT2D eigenvalue weighted by atomic mass is 19.1. The Kier molecular flexibility index (Phi) is 8.75. The first-order chi connectivity index (χ1) is 20.1. The van der Waals surface area contributed by atoms with E-state index in [0.29, 0.717) is 38.0 Å². The quantitative estimate of drug-likeness (QED) is 0.305. The molecule has 1 saturated carbocycles. The molecule has 0 bridgehead atoms. The minimum Gasteiger partial charge on any atom is -0.458 e. The molecule has 9 heteroatoms. The van der Waals surface area contributed by atoms with Crippen molar-refractivity contribution >= 4 is 17.6 Å². The summed E-state index contributed by atoms with van der Waals surface area (Å²) < 4.78 is 28.8. The lowest BCUT2D eigenvalue weighted by Gasteiger charge is -2.43. The van der Waals surface area contributed by atoms with Crippen molar-refractivity contribution in [1.29, 1.82) is 5.26 Å². The zero-order chi connectivity index (χ0) is 30.1. The summed E-state index contributed by atoms with van der Waals surface area (Å²) in [5.74, 6) is -0.734. The van der Waals surface area contributed by atoms with Crippen LogP contribution in [0.15, 0.2) is 18.2 Å². The number of anilines is 1. The van der Waals surface area contributed by atoms with Gasteiger partial charge < -0.3 is 14.4 Å². The Morgan fingerprint density at radius 1 is 1.19 bits per heavy atom. The number of ether oxygens (including phenoxy) is 2. The zero-order valence-corrected chi connectivity index (χ0v) is 25.4. The Balaban J connectivity index is 1.37. The highest BCUT2D eigenvalue weighted by Gasteiger charge is 2.51. The number of esters is 1. The van der Waals surface area contributed by atoms with Crippen LogP contribution in [0.3, 0.4) is 0 Å². The van der Waals surface area contributed by atoms with Gasteiger partial charge in [-0.15, -0.1) is 0 Å². The van der Waals surface area contributed by atoms with Gasteiger partial charge in [-0.2, -0.15) is 10.4 Å². The van der Waals surface area contributed by atoms with Crippen molar-refractivity contribution in [3.63, 3.8) is 0 Å². The van der Waals surface area contributed by atoms with E-state index >= 15 is 0 Å². The number of carbonyl (C=O) groups is 2. The van der Waals surface area contributed by atoms with Gasteiger partial charge in [-0.05, 0) is 69.9 Å². The second kappa shape index (κ2) is 12.2. The lowest BCUT2D eigenvalue weighted by Crippen LogP contribution is -2.52. The molecule has 2 aromatic rings.